The average molecular weight is 154 g/mol. The van der Waals surface area contributed by atoms with E-state index in [2.05, 4.69) is 15.5 Å². The first-order valence-electron chi connectivity index (χ1n) is 3.82. The molecule has 0 aliphatic carbocycles. The molecule has 1 aliphatic heterocycles. The molecule has 0 saturated carbocycles. The van der Waals surface area contributed by atoms with E-state index in [0.717, 1.165) is 18.8 Å². The van der Waals surface area contributed by atoms with Gasteiger partial charge < -0.3 is 11.1 Å². The van der Waals surface area contributed by atoms with E-state index >= 15 is 0 Å². The van der Waals surface area contributed by atoms with E-state index in [9.17, 15) is 0 Å². The maximum Gasteiger partial charge on any atom is 0.0992 e. The molecule has 0 bridgehead atoms. The molecule has 0 radical (unpaired) electrons. The third kappa shape index (κ3) is 3.13. The van der Waals surface area contributed by atoms with Gasteiger partial charge in [0.25, 0.3) is 0 Å². The van der Waals surface area contributed by atoms with Crippen LogP contribution in [0.2, 0.25) is 0 Å². The lowest BCUT2D eigenvalue weighted by Crippen LogP contribution is -2.21. The van der Waals surface area contributed by atoms with E-state index < -0.39 is 0 Å². The minimum Gasteiger partial charge on any atom is -0.385 e. The lowest BCUT2D eigenvalue weighted by Gasteiger charge is -2.05. The van der Waals surface area contributed by atoms with Crippen LogP contribution < -0.4 is 11.1 Å². The first kappa shape index (κ1) is 8.20. The molecular weight excluding hydrogens is 140 g/mol. The minimum atomic E-state index is 0.0887. The molecule has 1 heterocycles. The van der Waals surface area contributed by atoms with Crippen molar-refractivity contribution in [2.24, 2.45) is 16.0 Å². The van der Waals surface area contributed by atoms with Gasteiger partial charge in [0.1, 0.15) is 0 Å². The lowest BCUT2D eigenvalue weighted by molar-refractivity contribution is 0.795. The summed E-state index contributed by atoms with van der Waals surface area (Å²) in [6.45, 7) is 4.20. The van der Waals surface area contributed by atoms with Crippen LogP contribution in [-0.4, -0.2) is 25.7 Å². The Hall–Kier alpha value is -0.900. The highest BCUT2D eigenvalue weighted by Crippen LogP contribution is 1.96. The van der Waals surface area contributed by atoms with Crippen molar-refractivity contribution in [2.75, 3.05) is 19.6 Å². The number of nitrogens with one attached hydrogen (secondary N) is 1. The predicted molar refractivity (Wildman–Crippen MR) is 44.3 cm³/mol. The quantitative estimate of drug-likeness (QED) is 0.569. The highest BCUT2D eigenvalue weighted by molar-refractivity contribution is 5.05. The maximum absolute atomic E-state index is 5.59. The summed E-state index contributed by atoms with van der Waals surface area (Å²) in [6.07, 6.45) is 1.98. The van der Waals surface area contributed by atoms with Crippen molar-refractivity contribution in [1.82, 2.24) is 5.32 Å². The third-order valence-electron chi connectivity index (χ3n) is 1.37. The highest BCUT2D eigenvalue weighted by Gasteiger charge is 1.99. The van der Waals surface area contributed by atoms with Crippen LogP contribution in [0.3, 0.4) is 0 Å². The van der Waals surface area contributed by atoms with Gasteiger partial charge in [-0.1, -0.05) is 0 Å². The number of azo groups is 1. The smallest absolute Gasteiger partial charge is 0.0992 e. The summed E-state index contributed by atoms with van der Waals surface area (Å²) < 4.78 is 0. The molecule has 0 spiro atoms. The molecule has 11 heavy (non-hydrogen) atoms. The average Bonchev–Trinajstić information content (AvgIpc) is 2.14. The van der Waals surface area contributed by atoms with Crippen LogP contribution in [-0.2, 0) is 0 Å². The molecule has 4 nitrogen and oxygen atoms in total. The second-order valence-electron chi connectivity index (χ2n) is 2.64. The van der Waals surface area contributed by atoms with Crippen molar-refractivity contribution in [1.29, 1.82) is 0 Å². The van der Waals surface area contributed by atoms with E-state index in [1.54, 1.807) is 0 Å². The Bertz CT molecular complexity index is 171. The van der Waals surface area contributed by atoms with Crippen LogP contribution in [0.4, 0.5) is 0 Å². The Morgan fingerprint density at radius 2 is 2.45 bits per heavy atom. The van der Waals surface area contributed by atoms with Crippen molar-refractivity contribution in [3.63, 3.8) is 0 Å². The minimum absolute atomic E-state index is 0.0887. The van der Waals surface area contributed by atoms with E-state index in [1.807, 2.05) is 13.0 Å². The van der Waals surface area contributed by atoms with Gasteiger partial charge >= 0.3 is 0 Å². The standard InChI is InChI=1S/C7H14N4/c1-6(8)4-7-5-11-10-3-2-9-7/h4,6,9H,2-3,5,8H2,1H3/b7-4-. The van der Waals surface area contributed by atoms with Crippen LogP contribution in [0.5, 0.6) is 0 Å². The van der Waals surface area contributed by atoms with Crippen LogP contribution in [0.15, 0.2) is 22.0 Å². The second kappa shape index (κ2) is 4.08. The Morgan fingerprint density at radius 1 is 1.64 bits per heavy atom. The molecule has 4 heteroatoms. The molecule has 0 fully saturated rings. The van der Waals surface area contributed by atoms with Crippen molar-refractivity contribution in [3.8, 4) is 0 Å². The zero-order valence-corrected chi connectivity index (χ0v) is 6.75. The van der Waals surface area contributed by atoms with Crippen LogP contribution >= 0.6 is 0 Å². The van der Waals surface area contributed by atoms with Crippen molar-refractivity contribution in [3.05, 3.63) is 11.8 Å². The van der Waals surface area contributed by atoms with Crippen molar-refractivity contribution >= 4 is 0 Å². The van der Waals surface area contributed by atoms with Crippen molar-refractivity contribution < 1.29 is 0 Å². The summed E-state index contributed by atoms with van der Waals surface area (Å²) >= 11 is 0. The van der Waals surface area contributed by atoms with Gasteiger partial charge in [-0.3, -0.25) is 0 Å². The number of hydrogen-bond donors (Lipinski definition) is 2. The van der Waals surface area contributed by atoms with Gasteiger partial charge in [-0.05, 0) is 13.0 Å². The Morgan fingerprint density at radius 3 is 3.18 bits per heavy atom. The van der Waals surface area contributed by atoms with E-state index in [-0.39, 0.29) is 6.04 Å². The normalized spacial score (nSPS) is 24.4. The SMILES string of the molecule is CC(N)/C=C1/CN=NCCN1. The summed E-state index contributed by atoms with van der Waals surface area (Å²) in [5.74, 6) is 0. The molecule has 1 unspecified atom stereocenters. The number of nitrogens with zero attached hydrogens (tertiary/aromatic N) is 2. The Kier molecular flexibility index (Phi) is 3.04. The molecule has 0 saturated heterocycles. The van der Waals surface area contributed by atoms with Crippen LogP contribution in [0, 0.1) is 0 Å². The Balaban J connectivity index is 2.50. The second-order valence-corrected chi connectivity index (χ2v) is 2.64. The molecule has 0 aromatic rings. The summed E-state index contributed by atoms with van der Waals surface area (Å²) in [6, 6.07) is 0.0887. The van der Waals surface area contributed by atoms with Crippen molar-refractivity contribution in [2.45, 2.75) is 13.0 Å². The van der Waals surface area contributed by atoms with Crippen LogP contribution in [0.1, 0.15) is 6.92 Å². The first-order chi connectivity index (χ1) is 5.29. The van der Waals surface area contributed by atoms with Gasteiger partial charge in [0.05, 0.1) is 13.1 Å². The topological polar surface area (TPSA) is 62.8 Å². The summed E-state index contributed by atoms with van der Waals surface area (Å²) in [4.78, 5) is 0. The largest absolute Gasteiger partial charge is 0.385 e. The molecule has 0 aromatic carbocycles. The fourth-order valence-corrected chi connectivity index (χ4v) is 0.948. The van der Waals surface area contributed by atoms with Gasteiger partial charge in [-0.2, -0.15) is 10.2 Å². The van der Waals surface area contributed by atoms with Gasteiger partial charge in [0, 0.05) is 18.3 Å². The van der Waals surface area contributed by atoms with Crippen LogP contribution in [0.25, 0.3) is 0 Å². The molecule has 1 aliphatic rings. The Labute approximate surface area is 66.6 Å². The molecule has 0 aromatic heterocycles. The monoisotopic (exact) mass is 154 g/mol. The van der Waals surface area contributed by atoms with Gasteiger partial charge in [-0.15, -0.1) is 0 Å². The number of hydrogen-bond acceptors (Lipinski definition) is 4. The molecule has 62 valence electrons. The zero-order chi connectivity index (χ0) is 8.10. The fraction of sp³-hybridized carbons (Fsp3) is 0.714. The molecule has 3 N–H and O–H groups in total. The number of nitrogens with two attached hydrogens (primary N) is 1. The highest BCUT2D eigenvalue weighted by atomic mass is 15.1. The maximum atomic E-state index is 5.59. The summed E-state index contributed by atoms with van der Waals surface area (Å²) in [7, 11) is 0. The predicted octanol–water partition coefficient (Wildman–Crippen LogP) is 0.273. The van der Waals surface area contributed by atoms with Gasteiger partial charge in [0.15, 0.2) is 0 Å². The van der Waals surface area contributed by atoms with E-state index in [0.29, 0.717) is 6.54 Å². The fourth-order valence-electron chi connectivity index (χ4n) is 0.948. The van der Waals surface area contributed by atoms with E-state index in [1.165, 1.54) is 0 Å². The molecular formula is C7H14N4. The zero-order valence-electron chi connectivity index (χ0n) is 6.75. The first-order valence-corrected chi connectivity index (χ1v) is 3.82. The summed E-state index contributed by atoms with van der Waals surface area (Å²) in [5, 5.41) is 11.1. The van der Waals surface area contributed by atoms with Gasteiger partial charge in [-0.25, -0.2) is 0 Å². The van der Waals surface area contributed by atoms with E-state index in [4.69, 9.17) is 5.73 Å². The lowest BCUT2D eigenvalue weighted by atomic mass is 10.3. The number of rotatable bonds is 1. The molecule has 0 amide bonds. The van der Waals surface area contributed by atoms with Gasteiger partial charge in [0.2, 0.25) is 0 Å². The summed E-state index contributed by atoms with van der Waals surface area (Å²) in [5.41, 5.74) is 6.67. The third-order valence-corrected chi connectivity index (χ3v) is 1.37. The molecule has 1 rings (SSSR count). The molecule has 1 atom stereocenters.